The van der Waals surface area contributed by atoms with E-state index in [1.807, 2.05) is 29.2 Å². The monoisotopic (exact) mass is 394 g/mol. The molecule has 154 valence electrons. The highest BCUT2D eigenvalue weighted by molar-refractivity contribution is 6.10. The Morgan fingerprint density at radius 2 is 1.66 bits per heavy atom. The van der Waals surface area contributed by atoms with Crippen molar-refractivity contribution in [2.45, 2.75) is 33.6 Å². The third kappa shape index (κ3) is 5.37. The molecule has 1 aliphatic rings. The van der Waals surface area contributed by atoms with Gasteiger partial charge in [0, 0.05) is 13.1 Å². The number of hydrogen-bond donors (Lipinski definition) is 1. The Hall–Kier alpha value is -2.82. The molecule has 1 saturated heterocycles. The fraction of sp³-hybridized carbons (Fsp3) is 0.417. The van der Waals surface area contributed by atoms with E-state index in [4.69, 9.17) is 4.74 Å². The molecule has 3 rings (SSSR count). The van der Waals surface area contributed by atoms with Crippen molar-refractivity contribution in [1.29, 1.82) is 0 Å². The van der Waals surface area contributed by atoms with Crippen LogP contribution in [0.15, 0.2) is 48.5 Å². The van der Waals surface area contributed by atoms with E-state index in [1.165, 1.54) is 0 Å². The number of likely N-dealkylation sites (tertiary alicyclic amines) is 1. The van der Waals surface area contributed by atoms with E-state index >= 15 is 0 Å². The lowest BCUT2D eigenvalue weighted by Gasteiger charge is -2.30. The number of anilines is 1. The maximum Gasteiger partial charge on any atom is 0.259 e. The number of amides is 2. The maximum atomic E-state index is 13.0. The minimum atomic E-state index is -0.281. The zero-order valence-corrected chi connectivity index (χ0v) is 17.5. The van der Waals surface area contributed by atoms with Crippen LogP contribution in [0, 0.1) is 11.8 Å². The van der Waals surface area contributed by atoms with Crippen LogP contribution < -0.4 is 10.1 Å². The second-order valence-corrected chi connectivity index (χ2v) is 8.18. The molecule has 1 N–H and O–H groups in total. The molecule has 29 heavy (non-hydrogen) atoms. The van der Waals surface area contributed by atoms with Crippen molar-refractivity contribution in [3.8, 4) is 5.75 Å². The van der Waals surface area contributed by atoms with Gasteiger partial charge in [-0.05, 0) is 48.9 Å². The highest BCUT2D eigenvalue weighted by atomic mass is 16.5. The van der Waals surface area contributed by atoms with Gasteiger partial charge >= 0.3 is 0 Å². The van der Waals surface area contributed by atoms with Gasteiger partial charge in [0.15, 0.2) is 0 Å². The van der Waals surface area contributed by atoms with E-state index in [-0.39, 0.29) is 11.8 Å². The molecule has 0 atom stereocenters. The van der Waals surface area contributed by atoms with Crippen LogP contribution in [0.3, 0.4) is 0 Å². The van der Waals surface area contributed by atoms with Gasteiger partial charge < -0.3 is 15.0 Å². The Kier molecular flexibility index (Phi) is 6.91. The van der Waals surface area contributed by atoms with E-state index in [9.17, 15) is 9.59 Å². The first-order chi connectivity index (χ1) is 14.0. The summed E-state index contributed by atoms with van der Waals surface area (Å²) in [7, 11) is 0. The largest absolute Gasteiger partial charge is 0.492 e. The number of rotatable bonds is 6. The van der Waals surface area contributed by atoms with Crippen molar-refractivity contribution >= 4 is 17.5 Å². The number of ether oxygens (including phenoxy) is 1. The summed E-state index contributed by atoms with van der Waals surface area (Å²) in [5.41, 5.74) is 1.51. The standard InChI is InChI=1S/C24H30N2O3/c1-17(2)16-29-22-11-7-5-9-20(22)23(27)25-21-10-6-4-8-19(21)24(28)26-14-12-18(3)13-15-26/h4-11,17-18H,12-16H2,1-3H3,(H,25,27). The smallest absolute Gasteiger partial charge is 0.259 e. The lowest BCUT2D eigenvalue weighted by atomic mass is 9.98. The summed E-state index contributed by atoms with van der Waals surface area (Å²) >= 11 is 0. The molecule has 0 bridgehead atoms. The van der Waals surface area contributed by atoms with Crippen LogP contribution in [-0.4, -0.2) is 36.4 Å². The number of nitrogens with one attached hydrogen (secondary N) is 1. The van der Waals surface area contributed by atoms with Crippen LogP contribution in [0.25, 0.3) is 0 Å². The number of para-hydroxylation sites is 2. The fourth-order valence-corrected chi connectivity index (χ4v) is 3.39. The van der Waals surface area contributed by atoms with Gasteiger partial charge in [-0.3, -0.25) is 9.59 Å². The summed E-state index contributed by atoms with van der Waals surface area (Å²) in [5.74, 6) is 1.25. The average molecular weight is 395 g/mol. The van der Waals surface area contributed by atoms with Crippen LogP contribution >= 0.6 is 0 Å². The molecule has 0 unspecified atom stereocenters. The summed E-state index contributed by atoms with van der Waals surface area (Å²) < 4.78 is 5.80. The number of hydrogen-bond acceptors (Lipinski definition) is 3. The molecule has 0 aromatic heterocycles. The third-order valence-corrected chi connectivity index (χ3v) is 5.18. The van der Waals surface area contributed by atoms with Gasteiger partial charge in [0.05, 0.1) is 23.4 Å². The van der Waals surface area contributed by atoms with Crippen molar-refractivity contribution in [3.63, 3.8) is 0 Å². The van der Waals surface area contributed by atoms with Gasteiger partial charge in [0.25, 0.3) is 11.8 Å². The predicted molar refractivity (Wildman–Crippen MR) is 115 cm³/mol. The number of carbonyl (C=O) groups excluding carboxylic acids is 2. The molecule has 2 aromatic carbocycles. The van der Waals surface area contributed by atoms with Crippen LogP contribution in [-0.2, 0) is 0 Å². The Bertz CT molecular complexity index is 855. The molecule has 1 fully saturated rings. The van der Waals surface area contributed by atoms with Gasteiger partial charge in [0.2, 0.25) is 0 Å². The van der Waals surface area contributed by atoms with E-state index in [1.54, 1.807) is 24.3 Å². The molecule has 2 aromatic rings. The summed E-state index contributed by atoms with van der Waals surface area (Å²) in [5, 5.41) is 2.92. The lowest BCUT2D eigenvalue weighted by molar-refractivity contribution is 0.0698. The first kappa shape index (κ1) is 20.9. The third-order valence-electron chi connectivity index (χ3n) is 5.18. The quantitative estimate of drug-likeness (QED) is 0.762. The minimum Gasteiger partial charge on any atom is -0.492 e. The average Bonchev–Trinajstić information content (AvgIpc) is 2.73. The summed E-state index contributed by atoms with van der Waals surface area (Å²) in [6.07, 6.45) is 2.03. The molecule has 0 radical (unpaired) electrons. The summed E-state index contributed by atoms with van der Waals surface area (Å²) in [4.78, 5) is 27.9. The predicted octanol–water partition coefficient (Wildman–Crippen LogP) is 4.85. The molecule has 5 nitrogen and oxygen atoms in total. The first-order valence-electron chi connectivity index (χ1n) is 10.4. The second kappa shape index (κ2) is 9.59. The normalized spacial score (nSPS) is 14.7. The lowest BCUT2D eigenvalue weighted by Crippen LogP contribution is -2.38. The van der Waals surface area contributed by atoms with E-state index in [0.29, 0.717) is 41.0 Å². The number of nitrogens with zero attached hydrogens (tertiary/aromatic N) is 1. The number of benzene rings is 2. The van der Waals surface area contributed by atoms with Crippen LogP contribution in [0.5, 0.6) is 5.75 Å². The van der Waals surface area contributed by atoms with Gasteiger partial charge in [-0.1, -0.05) is 45.0 Å². The molecule has 1 aliphatic heterocycles. The first-order valence-corrected chi connectivity index (χ1v) is 10.4. The van der Waals surface area contributed by atoms with Crippen LogP contribution in [0.2, 0.25) is 0 Å². The van der Waals surface area contributed by atoms with Crippen molar-refractivity contribution in [1.82, 2.24) is 4.90 Å². The SMILES string of the molecule is CC(C)COc1ccccc1C(=O)Nc1ccccc1C(=O)N1CCC(C)CC1. The molecule has 0 aliphatic carbocycles. The Morgan fingerprint density at radius 3 is 2.34 bits per heavy atom. The molecule has 1 heterocycles. The van der Waals surface area contributed by atoms with E-state index in [2.05, 4.69) is 26.1 Å². The molecule has 5 heteroatoms. The highest BCUT2D eigenvalue weighted by Crippen LogP contribution is 2.24. The Balaban J connectivity index is 1.78. The summed E-state index contributed by atoms with van der Waals surface area (Å²) in [6, 6.07) is 14.4. The molecule has 0 spiro atoms. The van der Waals surface area contributed by atoms with Crippen molar-refractivity contribution < 1.29 is 14.3 Å². The fourth-order valence-electron chi connectivity index (χ4n) is 3.39. The second-order valence-electron chi connectivity index (χ2n) is 8.18. The Labute approximate surface area is 173 Å². The zero-order valence-electron chi connectivity index (χ0n) is 17.5. The Morgan fingerprint density at radius 1 is 1.03 bits per heavy atom. The van der Waals surface area contributed by atoms with Crippen molar-refractivity contribution in [2.75, 3.05) is 25.0 Å². The van der Waals surface area contributed by atoms with Gasteiger partial charge in [0.1, 0.15) is 5.75 Å². The highest BCUT2D eigenvalue weighted by Gasteiger charge is 2.24. The van der Waals surface area contributed by atoms with Crippen LogP contribution in [0.1, 0.15) is 54.3 Å². The summed E-state index contributed by atoms with van der Waals surface area (Å²) in [6.45, 7) is 8.39. The zero-order chi connectivity index (χ0) is 20.8. The van der Waals surface area contributed by atoms with Gasteiger partial charge in [-0.2, -0.15) is 0 Å². The molecule has 0 saturated carbocycles. The van der Waals surface area contributed by atoms with Crippen molar-refractivity contribution in [3.05, 3.63) is 59.7 Å². The topological polar surface area (TPSA) is 58.6 Å². The minimum absolute atomic E-state index is 0.0304. The van der Waals surface area contributed by atoms with Crippen LogP contribution in [0.4, 0.5) is 5.69 Å². The van der Waals surface area contributed by atoms with Gasteiger partial charge in [-0.25, -0.2) is 0 Å². The maximum absolute atomic E-state index is 13.0. The van der Waals surface area contributed by atoms with E-state index < -0.39 is 0 Å². The number of piperidine rings is 1. The molecule has 2 amide bonds. The molecular weight excluding hydrogens is 364 g/mol. The van der Waals surface area contributed by atoms with Gasteiger partial charge in [-0.15, -0.1) is 0 Å². The molecular formula is C24H30N2O3. The number of carbonyl (C=O) groups is 2. The van der Waals surface area contributed by atoms with Crippen molar-refractivity contribution in [2.24, 2.45) is 11.8 Å². The van der Waals surface area contributed by atoms with E-state index in [0.717, 1.165) is 25.9 Å².